The normalized spacial score (nSPS) is 13.5. The minimum atomic E-state index is -1.70. The van der Waals surface area contributed by atoms with E-state index in [2.05, 4.69) is 10.1 Å². The molecule has 2 aromatic carbocycles. The number of esters is 1. The molecule has 0 saturated heterocycles. The van der Waals surface area contributed by atoms with Gasteiger partial charge in [-0.15, -0.1) is 0 Å². The van der Waals surface area contributed by atoms with E-state index in [1.807, 2.05) is 67.6 Å². The number of hydrogen-bond donors (Lipinski definition) is 1. The standard InChI is InChI=1S/C23H24Cl3NO4/c1-16(7-6-10-20(28)30-2)21(27-22(29)31-15-23(24,25)26)19-13-11-18(12-14-19)17-8-4-3-5-9-17/h3-9,11-14,16,21H,10,15H2,1-2H3,(H,27,29)/t16-,21+/m1/s1. The van der Waals surface area contributed by atoms with Gasteiger partial charge in [-0.2, -0.15) is 0 Å². The predicted molar refractivity (Wildman–Crippen MR) is 124 cm³/mol. The molecule has 0 fully saturated rings. The van der Waals surface area contributed by atoms with Crippen LogP contribution in [0.3, 0.4) is 0 Å². The molecule has 8 heteroatoms. The molecule has 1 N–H and O–H groups in total. The van der Waals surface area contributed by atoms with E-state index >= 15 is 0 Å². The van der Waals surface area contributed by atoms with Crippen LogP contribution in [0.4, 0.5) is 4.79 Å². The van der Waals surface area contributed by atoms with E-state index in [0.717, 1.165) is 16.7 Å². The Kier molecular flexibility index (Phi) is 9.69. The Morgan fingerprint density at radius 2 is 1.65 bits per heavy atom. The summed E-state index contributed by atoms with van der Waals surface area (Å²) >= 11 is 17.0. The summed E-state index contributed by atoms with van der Waals surface area (Å²) in [6.07, 6.45) is 2.97. The molecule has 0 radical (unpaired) electrons. The second-order valence-electron chi connectivity index (χ2n) is 6.87. The Morgan fingerprint density at radius 1 is 1.03 bits per heavy atom. The molecule has 0 heterocycles. The van der Waals surface area contributed by atoms with E-state index in [9.17, 15) is 9.59 Å². The van der Waals surface area contributed by atoms with Crippen LogP contribution < -0.4 is 5.32 Å². The smallest absolute Gasteiger partial charge is 0.407 e. The lowest BCUT2D eigenvalue weighted by molar-refractivity contribution is -0.139. The van der Waals surface area contributed by atoms with Gasteiger partial charge < -0.3 is 14.8 Å². The Bertz CT molecular complexity index is 880. The van der Waals surface area contributed by atoms with E-state index < -0.39 is 15.9 Å². The Morgan fingerprint density at radius 3 is 2.23 bits per heavy atom. The Balaban J connectivity index is 2.19. The summed E-state index contributed by atoms with van der Waals surface area (Å²) in [4.78, 5) is 23.6. The number of nitrogens with one attached hydrogen (secondary N) is 1. The molecule has 0 unspecified atom stereocenters. The first-order valence-electron chi connectivity index (χ1n) is 9.58. The summed E-state index contributed by atoms with van der Waals surface area (Å²) in [6.45, 7) is 1.54. The van der Waals surface area contributed by atoms with Crippen molar-refractivity contribution in [1.82, 2.24) is 5.32 Å². The highest BCUT2D eigenvalue weighted by molar-refractivity contribution is 6.67. The van der Waals surface area contributed by atoms with Crippen molar-refractivity contribution in [2.45, 2.75) is 23.2 Å². The van der Waals surface area contributed by atoms with Gasteiger partial charge in [-0.25, -0.2) is 4.79 Å². The molecule has 0 bridgehead atoms. The van der Waals surface area contributed by atoms with Crippen molar-refractivity contribution in [3.8, 4) is 11.1 Å². The highest BCUT2D eigenvalue weighted by atomic mass is 35.6. The minimum absolute atomic E-state index is 0.137. The fourth-order valence-electron chi connectivity index (χ4n) is 2.92. The van der Waals surface area contributed by atoms with Gasteiger partial charge in [-0.1, -0.05) is 108 Å². The van der Waals surface area contributed by atoms with E-state index in [1.165, 1.54) is 7.11 Å². The molecule has 2 atom stereocenters. The van der Waals surface area contributed by atoms with Gasteiger partial charge in [0.05, 0.1) is 19.6 Å². The average molecular weight is 485 g/mol. The van der Waals surface area contributed by atoms with Gasteiger partial charge in [-0.3, -0.25) is 4.79 Å². The largest absolute Gasteiger partial charge is 0.469 e. The van der Waals surface area contributed by atoms with Gasteiger partial charge in [0.2, 0.25) is 3.79 Å². The molecule has 31 heavy (non-hydrogen) atoms. The second kappa shape index (κ2) is 12.0. The maximum absolute atomic E-state index is 12.3. The summed E-state index contributed by atoms with van der Waals surface area (Å²) in [7, 11) is 1.33. The minimum Gasteiger partial charge on any atom is -0.469 e. The zero-order valence-electron chi connectivity index (χ0n) is 17.2. The lowest BCUT2D eigenvalue weighted by atomic mass is 9.92. The van der Waals surface area contributed by atoms with Crippen LogP contribution in [-0.4, -0.2) is 29.6 Å². The van der Waals surface area contributed by atoms with E-state index in [4.69, 9.17) is 39.5 Å². The topological polar surface area (TPSA) is 64.6 Å². The number of hydrogen-bond acceptors (Lipinski definition) is 4. The SMILES string of the molecule is COC(=O)CC=C[C@@H](C)[C@H](NC(=O)OCC(Cl)(Cl)Cl)c1ccc(-c2ccccc2)cc1. The fraction of sp³-hybridized carbons (Fsp3) is 0.304. The summed E-state index contributed by atoms with van der Waals surface area (Å²) in [5.74, 6) is -0.505. The lowest BCUT2D eigenvalue weighted by Crippen LogP contribution is -2.34. The van der Waals surface area contributed by atoms with Crippen LogP contribution in [0.2, 0.25) is 0 Å². The van der Waals surface area contributed by atoms with Crippen molar-refractivity contribution in [3.05, 3.63) is 72.3 Å². The van der Waals surface area contributed by atoms with Gasteiger partial charge in [0, 0.05) is 0 Å². The molecule has 2 aromatic rings. The first-order valence-corrected chi connectivity index (χ1v) is 10.7. The Hall–Kier alpha value is -2.21. The van der Waals surface area contributed by atoms with Crippen molar-refractivity contribution >= 4 is 46.9 Å². The van der Waals surface area contributed by atoms with Crippen LogP contribution in [0.25, 0.3) is 11.1 Å². The lowest BCUT2D eigenvalue weighted by Gasteiger charge is -2.24. The summed E-state index contributed by atoms with van der Waals surface area (Å²) in [6, 6.07) is 17.4. The van der Waals surface area contributed by atoms with Crippen LogP contribution in [-0.2, 0) is 14.3 Å². The number of alkyl halides is 3. The predicted octanol–water partition coefficient (Wildman–Crippen LogP) is 6.25. The summed E-state index contributed by atoms with van der Waals surface area (Å²) < 4.78 is 7.96. The molecule has 0 aliphatic carbocycles. The van der Waals surface area contributed by atoms with Gasteiger partial charge in [0.15, 0.2) is 0 Å². The number of amides is 1. The number of ether oxygens (including phenoxy) is 2. The van der Waals surface area contributed by atoms with Crippen LogP contribution in [0.1, 0.15) is 24.9 Å². The Labute approximate surface area is 197 Å². The van der Waals surface area contributed by atoms with E-state index in [1.54, 1.807) is 6.08 Å². The van der Waals surface area contributed by atoms with Crippen LogP contribution in [0.5, 0.6) is 0 Å². The van der Waals surface area contributed by atoms with E-state index in [0.29, 0.717) is 0 Å². The molecule has 0 aliphatic rings. The molecule has 0 saturated carbocycles. The quantitative estimate of drug-likeness (QED) is 0.273. The zero-order chi connectivity index (χ0) is 22.9. The summed E-state index contributed by atoms with van der Waals surface area (Å²) in [5, 5.41) is 2.81. The van der Waals surface area contributed by atoms with Crippen LogP contribution in [0.15, 0.2) is 66.7 Å². The van der Waals surface area contributed by atoms with Crippen molar-refractivity contribution in [2.75, 3.05) is 13.7 Å². The fourth-order valence-corrected chi connectivity index (χ4v) is 3.08. The average Bonchev–Trinajstić information content (AvgIpc) is 2.76. The molecule has 0 spiro atoms. The van der Waals surface area contributed by atoms with Gasteiger partial charge in [0.1, 0.15) is 6.61 Å². The molecule has 1 amide bonds. The number of carbonyl (C=O) groups excluding carboxylic acids is 2. The molecule has 166 valence electrons. The highest BCUT2D eigenvalue weighted by Gasteiger charge is 2.25. The number of halogens is 3. The second-order valence-corrected chi connectivity index (χ2v) is 9.38. The molecule has 0 aliphatic heterocycles. The third kappa shape index (κ3) is 8.82. The first kappa shape index (κ1) is 25.1. The van der Waals surface area contributed by atoms with E-state index in [-0.39, 0.29) is 24.9 Å². The van der Waals surface area contributed by atoms with Crippen LogP contribution in [0, 0.1) is 5.92 Å². The molecule has 5 nitrogen and oxygen atoms in total. The highest BCUT2D eigenvalue weighted by Crippen LogP contribution is 2.28. The third-order valence-corrected chi connectivity index (χ3v) is 4.82. The number of methoxy groups -OCH3 is 1. The van der Waals surface area contributed by atoms with Gasteiger partial charge >= 0.3 is 12.1 Å². The number of benzene rings is 2. The number of rotatable bonds is 8. The van der Waals surface area contributed by atoms with Crippen molar-refractivity contribution in [1.29, 1.82) is 0 Å². The third-order valence-electron chi connectivity index (χ3n) is 4.49. The molecule has 0 aromatic heterocycles. The zero-order valence-corrected chi connectivity index (χ0v) is 19.5. The van der Waals surface area contributed by atoms with Crippen LogP contribution >= 0.6 is 34.8 Å². The monoisotopic (exact) mass is 483 g/mol. The van der Waals surface area contributed by atoms with Crippen molar-refractivity contribution in [2.24, 2.45) is 5.92 Å². The van der Waals surface area contributed by atoms with Gasteiger partial charge in [0.25, 0.3) is 0 Å². The molecular weight excluding hydrogens is 461 g/mol. The number of carbonyl (C=O) groups is 2. The maximum Gasteiger partial charge on any atom is 0.407 e. The van der Waals surface area contributed by atoms with Crippen molar-refractivity contribution in [3.63, 3.8) is 0 Å². The first-order chi connectivity index (χ1) is 14.7. The molecule has 2 rings (SSSR count). The number of alkyl carbamates (subject to hydrolysis) is 1. The summed E-state index contributed by atoms with van der Waals surface area (Å²) in [5.41, 5.74) is 3.00. The molecular formula is C23H24Cl3NO4. The maximum atomic E-state index is 12.3. The van der Waals surface area contributed by atoms with Gasteiger partial charge in [-0.05, 0) is 22.6 Å². The van der Waals surface area contributed by atoms with Crippen molar-refractivity contribution < 1.29 is 19.1 Å².